The molecule has 1 amide bonds. The quantitative estimate of drug-likeness (QED) is 0.881. The van der Waals surface area contributed by atoms with E-state index in [9.17, 15) is 9.59 Å². The van der Waals surface area contributed by atoms with E-state index in [1.165, 1.54) is 6.20 Å². The average molecular weight is 285 g/mol. The molecule has 0 saturated heterocycles. The Kier molecular flexibility index (Phi) is 3.43. The minimum Gasteiger partial charge on any atom is -0.481 e. The van der Waals surface area contributed by atoms with Crippen LogP contribution in [0, 0.1) is 0 Å². The van der Waals surface area contributed by atoms with Crippen LogP contribution in [-0.4, -0.2) is 26.5 Å². The van der Waals surface area contributed by atoms with E-state index in [0.29, 0.717) is 23.1 Å². The predicted molar refractivity (Wildman–Crippen MR) is 76.2 cm³/mol. The lowest BCUT2D eigenvalue weighted by Crippen LogP contribution is -2.16. The van der Waals surface area contributed by atoms with Crippen LogP contribution in [0.3, 0.4) is 0 Å². The van der Waals surface area contributed by atoms with Crippen molar-refractivity contribution in [2.75, 3.05) is 5.32 Å². The number of carbonyl (C=O) groups is 2. The number of hydrogen-bond donors (Lipinski definition) is 2. The molecule has 2 N–H and O–H groups in total. The number of pyridine rings is 1. The fraction of sp³-hybridized carbons (Fsp3) is 0.267. The first-order valence-electron chi connectivity index (χ1n) is 6.78. The third-order valence-corrected chi connectivity index (χ3v) is 3.37. The topological polar surface area (TPSA) is 84.2 Å². The molecule has 108 valence electrons. The molecule has 1 saturated carbocycles. The highest BCUT2D eigenvalue weighted by atomic mass is 16.4. The van der Waals surface area contributed by atoms with E-state index in [-0.39, 0.29) is 12.3 Å². The lowest BCUT2D eigenvalue weighted by molar-refractivity contribution is -0.136. The van der Waals surface area contributed by atoms with Gasteiger partial charge in [-0.05, 0) is 37.1 Å². The summed E-state index contributed by atoms with van der Waals surface area (Å²) in [6.45, 7) is 0. The summed E-state index contributed by atoms with van der Waals surface area (Å²) in [4.78, 5) is 26.8. The smallest absolute Gasteiger partial charge is 0.309 e. The first-order chi connectivity index (χ1) is 10.1. The first kappa shape index (κ1) is 13.4. The third-order valence-electron chi connectivity index (χ3n) is 3.37. The second-order valence-corrected chi connectivity index (χ2v) is 5.09. The Morgan fingerprint density at radius 1 is 1.33 bits per heavy atom. The Balaban J connectivity index is 1.69. The van der Waals surface area contributed by atoms with Crippen molar-refractivity contribution in [2.24, 2.45) is 0 Å². The molecule has 0 bridgehead atoms. The number of aliphatic carboxylic acids is 1. The molecule has 6 heteroatoms. The summed E-state index contributed by atoms with van der Waals surface area (Å²) < 4.78 is 1.99. The molecular formula is C15H15N3O3. The summed E-state index contributed by atoms with van der Waals surface area (Å²) in [5.41, 5.74) is 1.65. The van der Waals surface area contributed by atoms with E-state index in [0.717, 1.165) is 12.8 Å². The first-order valence-corrected chi connectivity index (χ1v) is 6.78. The number of hydrogen-bond acceptors (Lipinski definition) is 3. The maximum Gasteiger partial charge on any atom is 0.309 e. The van der Waals surface area contributed by atoms with Gasteiger partial charge in [0.15, 0.2) is 0 Å². The largest absolute Gasteiger partial charge is 0.481 e. The van der Waals surface area contributed by atoms with Gasteiger partial charge in [0.05, 0.1) is 24.0 Å². The normalized spacial score (nSPS) is 13.9. The van der Waals surface area contributed by atoms with Crippen molar-refractivity contribution >= 4 is 17.6 Å². The van der Waals surface area contributed by atoms with Gasteiger partial charge in [-0.2, -0.15) is 0 Å². The Bertz CT molecular complexity index is 672. The molecule has 0 spiro atoms. The van der Waals surface area contributed by atoms with Crippen LogP contribution in [0.2, 0.25) is 0 Å². The predicted octanol–water partition coefficient (Wildman–Crippen LogP) is 2.10. The molecule has 0 aromatic carbocycles. The SMILES string of the molecule is O=C(O)Cc1ccc(NC(=O)c2cccn2C2CC2)cn1. The number of rotatable bonds is 5. The van der Waals surface area contributed by atoms with Crippen molar-refractivity contribution < 1.29 is 14.7 Å². The van der Waals surface area contributed by atoms with Crippen molar-refractivity contribution in [1.82, 2.24) is 9.55 Å². The van der Waals surface area contributed by atoms with Crippen LogP contribution in [0.4, 0.5) is 5.69 Å². The molecule has 21 heavy (non-hydrogen) atoms. The van der Waals surface area contributed by atoms with Crippen LogP contribution in [0.1, 0.15) is 35.1 Å². The Morgan fingerprint density at radius 3 is 2.76 bits per heavy atom. The zero-order chi connectivity index (χ0) is 14.8. The number of carboxylic acids is 1. The van der Waals surface area contributed by atoms with Gasteiger partial charge in [0.1, 0.15) is 5.69 Å². The number of nitrogens with zero attached hydrogens (tertiary/aromatic N) is 2. The maximum atomic E-state index is 12.2. The lowest BCUT2D eigenvalue weighted by atomic mass is 10.2. The summed E-state index contributed by atoms with van der Waals surface area (Å²) in [6, 6.07) is 7.36. The molecule has 0 unspecified atom stereocenters. The van der Waals surface area contributed by atoms with E-state index < -0.39 is 5.97 Å². The Hall–Kier alpha value is -2.63. The van der Waals surface area contributed by atoms with E-state index in [1.807, 2.05) is 16.8 Å². The third kappa shape index (κ3) is 3.10. The van der Waals surface area contributed by atoms with E-state index in [4.69, 9.17) is 5.11 Å². The number of anilines is 1. The Morgan fingerprint density at radius 2 is 2.14 bits per heavy atom. The molecule has 0 radical (unpaired) electrons. The molecule has 2 aromatic heterocycles. The maximum absolute atomic E-state index is 12.2. The van der Waals surface area contributed by atoms with Crippen LogP contribution in [0.25, 0.3) is 0 Å². The van der Waals surface area contributed by atoms with Crippen LogP contribution in [-0.2, 0) is 11.2 Å². The number of amides is 1. The van der Waals surface area contributed by atoms with Gasteiger partial charge < -0.3 is 15.0 Å². The van der Waals surface area contributed by atoms with E-state index in [2.05, 4.69) is 10.3 Å². The van der Waals surface area contributed by atoms with Gasteiger partial charge in [-0.3, -0.25) is 14.6 Å². The minimum absolute atomic E-state index is 0.126. The van der Waals surface area contributed by atoms with Crippen LogP contribution < -0.4 is 5.32 Å². The highest BCUT2D eigenvalue weighted by Crippen LogP contribution is 2.36. The van der Waals surface area contributed by atoms with Crippen LogP contribution >= 0.6 is 0 Å². The van der Waals surface area contributed by atoms with Gasteiger partial charge >= 0.3 is 5.97 Å². The molecule has 6 nitrogen and oxygen atoms in total. The fourth-order valence-corrected chi connectivity index (χ4v) is 2.21. The minimum atomic E-state index is -0.929. The zero-order valence-corrected chi connectivity index (χ0v) is 11.3. The molecular weight excluding hydrogens is 270 g/mol. The van der Waals surface area contributed by atoms with Crippen LogP contribution in [0.15, 0.2) is 36.7 Å². The standard InChI is InChI=1S/C15H15N3O3/c19-14(20)8-10-3-4-11(9-16-10)17-15(21)13-2-1-7-18(13)12-5-6-12/h1-4,7,9,12H,5-6,8H2,(H,17,21)(H,19,20). The average Bonchev–Trinajstić information content (AvgIpc) is 3.17. The monoisotopic (exact) mass is 285 g/mol. The highest BCUT2D eigenvalue weighted by molar-refractivity contribution is 6.03. The van der Waals surface area contributed by atoms with Gasteiger partial charge in [-0.15, -0.1) is 0 Å². The molecule has 2 aromatic rings. The number of aromatic nitrogens is 2. The second-order valence-electron chi connectivity index (χ2n) is 5.09. The number of carboxylic acid groups (broad SMARTS) is 1. The van der Waals surface area contributed by atoms with Crippen molar-refractivity contribution in [3.63, 3.8) is 0 Å². The molecule has 2 heterocycles. The molecule has 0 aliphatic heterocycles. The summed E-state index contributed by atoms with van der Waals surface area (Å²) in [5, 5.41) is 11.5. The second kappa shape index (κ2) is 5.40. The number of nitrogens with one attached hydrogen (secondary N) is 1. The summed E-state index contributed by atoms with van der Waals surface area (Å²) in [7, 11) is 0. The van der Waals surface area contributed by atoms with Gasteiger partial charge in [0, 0.05) is 12.2 Å². The highest BCUT2D eigenvalue weighted by Gasteiger charge is 2.26. The molecule has 1 aliphatic rings. The zero-order valence-electron chi connectivity index (χ0n) is 11.3. The molecule has 0 atom stereocenters. The molecule has 3 rings (SSSR count). The lowest BCUT2D eigenvalue weighted by Gasteiger charge is -2.08. The van der Waals surface area contributed by atoms with Crippen LogP contribution in [0.5, 0.6) is 0 Å². The fourth-order valence-electron chi connectivity index (χ4n) is 2.21. The van der Waals surface area contributed by atoms with Gasteiger partial charge in [-0.1, -0.05) is 0 Å². The van der Waals surface area contributed by atoms with Gasteiger partial charge in [0.2, 0.25) is 0 Å². The van der Waals surface area contributed by atoms with E-state index in [1.54, 1.807) is 18.2 Å². The molecule has 1 aliphatic carbocycles. The van der Waals surface area contributed by atoms with Crippen molar-refractivity contribution in [1.29, 1.82) is 0 Å². The molecule has 1 fully saturated rings. The van der Waals surface area contributed by atoms with Gasteiger partial charge in [-0.25, -0.2) is 0 Å². The summed E-state index contributed by atoms with van der Waals surface area (Å²) in [5.74, 6) is -1.11. The van der Waals surface area contributed by atoms with Crippen molar-refractivity contribution in [3.8, 4) is 0 Å². The Labute approximate surface area is 121 Å². The van der Waals surface area contributed by atoms with Crippen molar-refractivity contribution in [3.05, 3.63) is 48.0 Å². The number of carbonyl (C=O) groups excluding carboxylic acids is 1. The van der Waals surface area contributed by atoms with Gasteiger partial charge in [0.25, 0.3) is 5.91 Å². The van der Waals surface area contributed by atoms with E-state index >= 15 is 0 Å². The van der Waals surface area contributed by atoms with Crippen molar-refractivity contribution in [2.45, 2.75) is 25.3 Å². The summed E-state index contributed by atoms with van der Waals surface area (Å²) in [6.07, 6.45) is 5.49. The summed E-state index contributed by atoms with van der Waals surface area (Å²) >= 11 is 0.